The molecule has 0 radical (unpaired) electrons. The Balaban J connectivity index is 3.13. The Morgan fingerprint density at radius 3 is 2.50 bits per heavy atom. The molecule has 0 aromatic rings. The van der Waals surface area contributed by atoms with E-state index >= 15 is 0 Å². The zero-order chi connectivity index (χ0) is 15.5. The molecular weight excluding hydrogens is 248 g/mol. The summed E-state index contributed by atoms with van der Waals surface area (Å²) in [5, 5.41) is 0. The summed E-state index contributed by atoms with van der Waals surface area (Å²) in [5.74, 6) is 1.35. The molecule has 0 amide bonds. The normalized spacial score (nSPS) is 29.4. The molecule has 4 atom stereocenters. The number of carbonyl (C=O) groups is 1. The van der Waals surface area contributed by atoms with Crippen LogP contribution in [0.3, 0.4) is 0 Å². The van der Waals surface area contributed by atoms with Crippen molar-refractivity contribution in [3.8, 4) is 0 Å². The molecule has 116 valence electrons. The van der Waals surface area contributed by atoms with Crippen LogP contribution in [0.15, 0.2) is 11.6 Å². The quantitative estimate of drug-likeness (QED) is 0.538. The maximum absolute atomic E-state index is 11.6. The third-order valence-corrected chi connectivity index (χ3v) is 4.63. The third kappa shape index (κ3) is 4.36. The lowest BCUT2D eigenvalue weighted by molar-refractivity contribution is -0.160. The zero-order valence-corrected chi connectivity index (χ0v) is 14.3. The number of rotatable bonds is 3. The second-order valence-electron chi connectivity index (χ2n) is 7.55. The molecule has 0 saturated heterocycles. The second-order valence-corrected chi connectivity index (χ2v) is 7.55. The number of esters is 1. The van der Waals surface area contributed by atoms with Gasteiger partial charge < -0.3 is 4.74 Å². The van der Waals surface area contributed by atoms with Crippen LogP contribution in [0.4, 0.5) is 0 Å². The van der Waals surface area contributed by atoms with Crippen LogP contribution >= 0.6 is 0 Å². The summed E-state index contributed by atoms with van der Waals surface area (Å²) >= 11 is 0. The van der Waals surface area contributed by atoms with E-state index in [0.717, 1.165) is 6.42 Å². The summed E-state index contributed by atoms with van der Waals surface area (Å²) < 4.78 is 5.78. The number of allylic oxidation sites excluding steroid dienone is 2. The Kier molecular flexibility index (Phi) is 5.85. The van der Waals surface area contributed by atoms with Gasteiger partial charge in [0.05, 0.1) is 0 Å². The largest absolute Gasteiger partial charge is 0.462 e. The summed E-state index contributed by atoms with van der Waals surface area (Å²) in [6.07, 6.45) is 5.92. The molecule has 0 saturated carbocycles. The minimum atomic E-state index is -0.156. The van der Waals surface area contributed by atoms with Gasteiger partial charge in [-0.15, -0.1) is 0 Å². The molecule has 2 heteroatoms. The van der Waals surface area contributed by atoms with E-state index in [1.165, 1.54) is 25.3 Å². The lowest BCUT2D eigenvalue weighted by Gasteiger charge is -2.41. The van der Waals surface area contributed by atoms with Crippen molar-refractivity contribution in [3.63, 3.8) is 0 Å². The van der Waals surface area contributed by atoms with Crippen molar-refractivity contribution < 1.29 is 9.53 Å². The topological polar surface area (TPSA) is 26.3 Å². The molecule has 4 unspecified atom stereocenters. The molecule has 0 heterocycles. The highest BCUT2D eigenvalue weighted by atomic mass is 16.5. The maximum Gasteiger partial charge on any atom is 0.302 e. The molecule has 0 aromatic carbocycles. The van der Waals surface area contributed by atoms with Crippen molar-refractivity contribution in [2.75, 3.05) is 0 Å². The van der Waals surface area contributed by atoms with Gasteiger partial charge in [0.25, 0.3) is 0 Å². The van der Waals surface area contributed by atoms with E-state index in [-0.39, 0.29) is 17.5 Å². The molecule has 0 spiro atoms. The molecular formula is C18H32O2. The number of carbonyl (C=O) groups excluding carboxylic acids is 1. The summed E-state index contributed by atoms with van der Waals surface area (Å²) in [4.78, 5) is 11.6. The van der Waals surface area contributed by atoms with E-state index in [4.69, 9.17) is 4.74 Å². The maximum atomic E-state index is 11.6. The fourth-order valence-electron chi connectivity index (χ4n) is 3.69. The van der Waals surface area contributed by atoms with Crippen LogP contribution in [0, 0.1) is 23.2 Å². The zero-order valence-electron chi connectivity index (χ0n) is 14.3. The molecule has 0 N–H and O–H groups in total. The van der Waals surface area contributed by atoms with E-state index in [2.05, 4.69) is 47.6 Å². The molecule has 1 rings (SSSR count). The minimum Gasteiger partial charge on any atom is -0.462 e. The van der Waals surface area contributed by atoms with Gasteiger partial charge in [0.15, 0.2) is 0 Å². The van der Waals surface area contributed by atoms with E-state index in [0.29, 0.717) is 17.8 Å². The molecule has 2 nitrogen and oxygen atoms in total. The van der Waals surface area contributed by atoms with E-state index < -0.39 is 0 Å². The lowest BCUT2D eigenvalue weighted by atomic mass is 9.69. The van der Waals surface area contributed by atoms with Crippen molar-refractivity contribution in [2.24, 2.45) is 23.2 Å². The van der Waals surface area contributed by atoms with Gasteiger partial charge in [0.2, 0.25) is 0 Å². The summed E-state index contributed by atoms with van der Waals surface area (Å²) in [6, 6.07) is 0. The van der Waals surface area contributed by atoms with Gasteiger partial charge in [-0.3, -0.25) is 4.79 Å². The van der Waals surface area contributed by atoms with E-state index in [1.807, 2.05) is 0 Å². The van der Waals surface area contributed by atoms with Crippen molar-refractivity contribution in [1.82, 2.24) is 0 Å². The predicted molar refractivity (Wildman–Crippen MR) is 84.4 cm³/mol. The van der Waals surface area contributed by atoms with Crippen LogP contribution < -0.4 is 0 Å². The second kappa shape index (κ2) is 6.78. The first kappa shape index (κ1) is 17.3. The Bertz CT molecular complexity index is 362. The average Bonchev–Trinajstić information content (AvgIpc) is 2.43. The molecule has 0 fully saturated rings. The monoisotopic (exact) mass is 280 g/mol. The van der Waals surface area contributed by atoms with Crippen LogP contribution in [0.25, 0.3) is 0 Å². The first-order chi connectivity index (χ1) is 9.16. The van der Waals surface area contributed by atoms with Crippen LogP contribution in [0.2, 0.25) is 0 Å². The van der Waals surface area contributed by atoms with Crippen LogP contribution in [-0.2, 0) is 9.53 Å². The summed E-state index contributed by atoms with van der Waals surface area (Å²) in [6.45, 7) is 14.8. The van der Waals surface area contributed by atoms with Crippen LogP contribution in [-0.4, -0.2) is 12.1 Å². The average molecular weight is 280 g/mol. The van der Waals surface area contributed by atoms with Gasteiger partial charge in [-0.2, -0.15) is 0 Å². The molecule has 0 aromatic heterocycles. The third-order valence-electron chi connectivity index (χ3n) is 4.63. The molecule has 1 aliphatic carbocycles. The van der Waals surface area contributed by atoms with Crippen molar-refractivity contribution >= 4 is 5.97 Å². The van der Waals surface area contributed by atoms with Gasteiger partial charge in [-0.25, -0.2) is 0 Å². The van der Waals surface area contributed by atoms with Gasteiger partial charge in [0, 0.05) is 12.8 Å². The Labute approximate surface area is 125 Å². The highest BCUT2D eigenvalue weighted by Crippen LogP contribution is 2.42. The number of hydrogen-bond donors (Lipinski definition) is 0. The first-order valence-corrected chi connectivity index (χ1v) is 8.01. The smallest absolute Gasteiger partial charge is 0.302 e. The molecule has 1 aliphatic rings. The summed E-state index contributed by atoms with van der Waals surface area (Å²) in [7, 11) is 0. The Morgan fingerprint density at radius 2 is 2.05 bits per heavy atom. The molecule has 0 bridgehead atoms. The Morgan fingerprint density at radius 1 is 1.45 bits per heavy atom. The molecule has 0 aliphatic heterocycles. The predicted octanol–water partition coefficient (Wildman–Crippen LogP) is 4.98. The van der Waals surface area contributed by atoms with Gasteiger partial charge >= 0.3 is 5.97 Å². The Hall–Kier alpha value is -0.790. The number of ether oxygens (including phenoxy) is 1. The van der Waals surface area contributed by atoms with Gasteiger partial charge in [0.1, 0.15) is 6.10 Å². The fourth-order valence-corrected chi connectivity index (χ4v) is 3.69. The highest BCUT2D eigenvalue weighted by molar-refractivity contribution is 5.66. The highest BCUT2D eigenvalue weighted by Gasteiger charge is 2.41. The molecule has 20 heavy (non-hydrogen) atoms. The lowest BCUT2D eigenvalue weighted by Crippen LogP contribution is -2.43. The minimum absolute atomic E-state index is 0.0119. The fraction of sp³-hybridized carbons (Fsp3) is 0.833. The van der Waals surface area contributed by atoms with Gasteiger partial charge in [-0.05, 0) is 37.0 Å². The standard InChI is InChI=1S/C18H32O2/c1-8-15-10-9-12(2)11-13(3)16(15)17(18(5,6)7)20-14(4)19/h11,13,15-17H,8-10H2,1-7H3. The SMILES string of the molecule is CCC1CCC(C)=CC(C)C1C(OC(C)=O)C(C)(C)C. The summed E-state index contributed by atoms with van der Waals surface area (Å²) in [5.41, 5.74) is 1.46. The van der Waals surface area contributed by atoms with Crippen molar-refractivity contribution in [3.05, 3.63) is 11.6 Å². The van der Waals surface area contributed by atoms with Crippen LogP contribution in [0.1, 0.15) is 67.7 Å². The first-order valence-electron chi connectivity index (χ1n) is 8.01. The van der Waals surface area contributed by atoms with E-state index in [1.54, 1.807) is 0 Å². The van der Waals surface area contributed by atoms with Gasteiger partial charge in [-0.1, -0.05) is 52.7 Å². The van der Waals surface area contributed by atoms with Crippen molar-refractivity contribution in [1.29, 1.82) is 0 Å². The van der Waals surface area contributed by atoms with Crippen molar-refractivity contribution in [2.45, 2.75) is 73.8 Å². The van der Waals surface area contributed by atoms with Crippen LogP contribution in [0.5, 0.6) is 0 Å². The number of hydrogen-bond acceptors (Lipinski definition) is 2. The van der Waals surface area contributed by atoms with E-state index in [9.17, 15) is 4.79 Å².